The van der Waals surface area contributed by atoms with Crippen LogP contribution in [0.3, 0.4) is 0 Å². The minimum absolute atomic E-state index is 0.537. The summed E-state index contributed by atoms with van der Waals surface area (Å²) in [5.74, 6) is 0. The first-order valence-corrected chi connectivity index (χ1v) is 6.05. The Labute approximate surface area is 107 Å². The van der Waals surface area contributed by atoms with Gasteiger partial charge in [-0.1, -0.05) is 35.9 Å². The zero-order valence-electron chi connectivity index (χ0n) is 10.1. The van der Waals surface area contributed by atoms with Crippen molar-refractivity contribution in [3.05, 3.63) is 58.1 Å². The SMILES string of the molecule is Cc1ccc(-c2cc(CN)ccc2Cl)cc1C. The average Bonchev–Trinajstić information content (AvgIpc) is 2.33. The van der Waals surface area contributed by atoms with Gasteiger partial charge in [0, 0.05) is 17.1 Å². The first-order valence-electron chi connectivity index (χ1n) is 5.68. The third kappa shape index (κ3) is 2.51. The second-order valence-electron chi connectivity index (χ2n) is 4.32. The van der Waals surface area contributed by atoms with Crippen molar-refractivity contribution < 1.29 is 0 Å². The molecule has 2 aromatic carbocycles. The molecule has 0 atom stereocenters. The van der Waals surface area contributed by atoms with Crippen LogP contribution in [0.5, 0.6) is 0 Å². The molecule has 2 heteroatoms. The van der Waals surface area contributed by atoms with Gasteiger partial charge in [0.15, 0.2) is 0 Å². The zero-order valence-corrected chi connectivity index (χ0v) is 10.9. The molecule has 0 amide bonds. The van der Waals surface area contributed by atoms with Crippen molar-refractivity contribution in [3.8, 4) is 11.1 Å². The fourth-order valence-electron chi connectivity index (χ4n) is 1.83. The van der Waals surface area contributed by atoms with Crippen molar-refractivity contribution in [2.45, 2.75) is 20.4 Å². The third-order valence-corrected chi connectivity index (χ3v) is 3.41. The van der Waals surface area contributed by atoms with Gasteiger partial charge in [0.25, 0.3) is 0 Å². The first kappa shape index (κ1) is 12.2. The molecule has 0 heterocycles. The Bertz CT molecular complexity index is 547. The van der Waals surface area contributed by atoms with E-state index in [1.807, 2.05) is 12.1 Å². The van der Waals surface area contributed by atoms with E-state index in [0.717, 1.165) is 21.7 Å². The first-order chi connectivity index (χ1) is 8.11. The molecule has 17 heavy (non-hydrogen) atoms. The Morgan fingerprint density at radius 3 is 2.41 bits per heavy atom. The third-order valence-electron chi connectivity index (χ3n) is 3.08. The lowest BCUT2D eigenvalue weighted by molar-refractivity contribution is 1.07. The minimum atomic E-state index is 0.537. The Morgan fingerprint density at radius 1 is 1.00 bits per heavy atom. The van der Waals surface area contributed by atoms with E-state index in [-0.39, 0.29) is 0 Å². The number of aryl methyl sites for hydroxylation is 2. The zero-order chi connectivity index (χ0) is 12.4. The fraction of sp³-hybridized carbons (Fsp3) is 0.200. The van der Waals surface area contributed by atoms with Gasteiger partial charge in [-0.15, -0.1) is 0 Å². The maximum absolute atomic E-state index is 6.24. The number of hydrogen-bond donors (Lipinski definition) is 1. The van der Waals surface area contributed by atoms with Crippen molar-refractivity contribution in [1.82, 2.24) is 0 Å². The van der Waals surface area contributed by atoms with E-state index in [1.54, 1.807) is 0 Å². The van der Waals surface area contributed by atoms with Crippen molar-refractivity contribution in [2.24, 2.45) is 5.73 Å². The number of halogens is 1. The lowest BCUT2D eigenvalue weighted by atomic mass is 9.99. The molecule has 0 saturated carbocycles. The van der Waals surface area contributed by atoms with Crippen molar-refractivity contribution in [1.29, 1.82) is 0 Å². The smallest absolute Gasteiger partial charge is 0.0484 e. The van der Waals surface area contributed by atoms with Crippen LogP contribution in [0.4, 0.5) is 0 Å². The molecule has 0 radical (unpaired) electrons. The molecule has 0 saturated heterocycles. The monoisotopic (exact) mass is 245 g/mol. The summed E-state index contributed by atoms with van der Waals surface area (Å²) in [5.41, 5.74) is 11.5. The van der Waals surface area contributed by atoms with E-state index in [0.29, 0.717) is 6.54 Å². The van der Waals surface area contributed by atoms with E-state index >= 15 is 0 Å². The molecule has 2 N–H and O–H groups in total. The predicted molar refractivity (Wildman–Crippen MR) is 74.3 cm³/mol. The maximum Gasteiger partial charge on any atom is 0.0484 e. The number of benzene rings is 2. The van der Waals surface area contributed by atoms with Crippen LogP contribution in [0.1, 0.15) is 16.7 Å². The van der Waals surface area contributed by atoms with Gasteiger partial charge in [-0.2, -0.15) is 0 Å². The summed E-state index contributed by atoms with van der Waals surface area (Å²) < 4.78 is 0. The quantitative estimate of drug-likeness (QED) is 0.848. The van der Waals surface area contributed by atoms with Crippen LogP contribution in [0.2, 0.25) is 5.02 Å². The standard InChI is InChI=1S/C15H16ClN/c1-10-3-5-13(7-11(10)2)14-8-12(9-17)4-6-15(14)16/h3-8H,9,17H2,1-2H3. The number of nitrogens with two attached hydrogens (primary N) is 1. The molecule has 0 aliphatic rings. The summed E-state index contributed by atoms with van der Waals surface area (Å²) in [4.78, 5) is 0. The highest BCUT2D eigenvalue weighted by atomic mass is 35.5. The Morgan fingerprint density at radius 2 is 1.76 bits per heavy atom. The Hall–Kier alpha value is -1.31. The van der Waals surface area contributed by atoms with Gasteiger partial charge in [-0.05, 0) is 48.2 Å². The molecule has 0 aliphatic heterocycles. The molecule has 0 bridgehead atoms. The largest absolute Gasteiger partial charge is 0.326 e. The van der Waals surface area contributed by atoms with Crippen molar-refractivity contribution in [3.63, 3.8) is 0 Å². The lowest BCUT2D eigenvalue weighted by Gasteiger charge is -2.09. The summed E-state index contributed by atoms with van der Waals surface area (Å²) in [6.07, 6.45) is 0. The molecule has 2 aromatic rings. The molecule has 0 fully saturated rings. The van der Waals surface area contributed by atoms with E-state index in [1.165, 1.54) is 11.1 Å². The van der Waals surface area contributed by atoms with Gasteiger partial charge in [0.05, 0.1) is 0 Å². The molecule has 0 aromatic heterocycles. The number of rotatable bonds is 2. The molecule has 0 spiro atoms. The molecule has 1 nitrogen and oxygen atoms in total. The van der Waals surface area contributed by atoms with Crippen LogP contribution >= 0.6 is 11.6 Å². The highest BCUT2D eigenvalue weighted by Crippen LogP contribution is 2.30. The Balaban J connectivity index is 2.55. The predicted octanol–water partition coefficient (Wildman–Crippen LogP) is 4.08. The molecule has 88 valence electrons. The summed E-state index contributed by atoms with van der Waals surface area (Å²) in [6, 6.07) is 12.3. The van der Waals surface area contributed by atoms with Gasteiger partial charge in [-0.25, -0.2) is 0 Å². The second kappa shape index (κ2) is 4.91. The molecule has 2 rings (SSSR count). The van der Waals surface area contributed by atoms with Crippen LogP contribution in [0.15, 0.2) is 36.4 Å². The highest BCUT2D eigenvalue weighted by Gasteiger charge is 2.05. The summed E-state index contributed by atoms with van der Waals surface area (Å²) in [7, 11) is 0. The van der Waals surface area contributed by atoms with E-state index < -0.39 is 0 Å². The van der Waals surface area contributed by atoms with Crippen molar-refractivity contribution in [2.75, 3.05) is 0 Å². The summed E-state index contributed by atoms with van der Waals surface area (Å²) in [5, 5.41) is 0.769. The van der Waals surface area contributed by atoms with Gasteiger partial charge < -0.3 is 5.73 Å². The summed E-state index contributed by atoms with van der Waals surface area (Å²) >= 11 is 6.24. The normalized spacial score (nSPS) is 10.6. The highest BCUT2D eigenvalue weighted by molar-refractivity contribution is 6.33. The van der Waals surface area contributed by atoms with Crippen LogP contribution in [0, 0.1) is 13.8 Å². The molecular formula is C15H16ClN. The maximum atomic E-state index is 6.24. The molecular weight excluding hydrogens is 230 g/mol. The van der Waals surface area contributed by atoms with Crippen molar-refractivity contribution >= 4 is 11.6 Å². The fourth-order valence-corrected chi connectivity index (χ4v) is 2.06. The van der Waals surface area contributed by atoms with Crippen LogP contribution in [-0.2, 0) is 6.54 Å². The molecule has 0 unspecified atom stereocenters. The van der Waals surface area contributed by atoms with E-state index in [2.05, 4.69) is 38.1 Å². The van der Waals surface area contributed by atoms with Crippen LogP contribution in [-0.4, -0.2) is 0 Å². The molecule has 0 aliphatic carbocycles. The second-order valence-corrected chi connectivity index (χ2v) is 4.72. The Kier molecular flexibility index (Phi) is 3.51. The minimum Gasteiger partial charge on any atom is -0.326 e. The van der Waals surface area contributed by atoms with Gasteiger partial charge >= 0.3 is 0 Å². The average molecular weight is 246 g/mol. The summed E-state index contributed by atoms with van der Waals surface area (Å²) in [6.45, 7) is 4.76. The van der Waals surface area contributed by atoms with E-state index in [9.17, 15) is 0 Å². The van der Waals surface area contributed by atoms with Gasteiger partial charge in [0.2, 0.25) is 0 Å². The van der Waals surface area contributed by atoms with Crippen LogP contribution in [0.25, 0.3) is 11.1 Å². The van der Waals surface area contributed by atoms with E-state index in [4.69, 9.17) is 17.3 Å². The van der Waals surface area contributed by atoms with Gasteiger partial charge in [-0.3, -0.25) is 0 Å². The topological polar surface area (TPSA) is 26.0 Å². The lowest BCUT2D eigenvalue weighted by Crippen LogP contribution is -1.96. The van der Waals surface area contributed by atoms with Crippen LogP contribution < -0.4 is 5.73 Å². The van der Waals surface area contributed by atoms with Gasteiger partial charge in [0.1, 0.15) is 0 Å². The number of hydrogen-bond acceptors (Lipinski definition) is 1.